The van der Waals surface area contributed by atoms with Gasteiger partial charge in [0.2, 0.25) is 0 Å². The van der Waals surface area contributed by atoms with Crippen LogP contribution >= 0.6 is 11.6 Å². The monoisotopic (exact) mass is 224 g/mol. The van der Waals surface area contributed by atoms with Crippen LogP contribution in [-0.2, 0) is 4.79 Å². The van der Waals surface area contributed by atoms with Gasteiger partial charge in [-0.05, 0) is 13.0 Å². The SMILES string of the molecule is CC(C(=O)O)c1[nH]nc2c(Cl)cccc12. The molecule has 5 heteroatoms. The van der Waals surface area contributed by atoms with Crippen molar-refractivity contribution in [3.05, 3.63) is 28.9 Å². The number of carboxylic acid groups (broad SMARTS) is 1. The molecule has 0 fully saturated rings. The van der Waals surface area contributed by atoms with E-state index in [0.717, 1.165) is 5.39 Å². The molecule has 0 saturated heterocycles. The fourth-order valence-electron chi connectivity index (χ4n) is 1.48. The van der Waals surface area contributed by atoms with E-state index in [1.807, 2.05) is 0 Å². The average Bonchev–Trinajstić information content (AvgIpc) is 2.61. The summed E-state index contributed by atoms with van der Waals surface area (Å²) in [7, 11) is 0. The molecule has 0 aliphatic rings. The van der Waals surface area contributed by atoms with Crippen molar-refractivity contribution in [2.24, 2.45) is 0 Å². The number of hydrogen-bond acceptors (Lipinski definition) is 2. The van der Waals surface area contributed by atoms with Gasteiger partial charge in [0.05, 0.1) is 16.6 Å². The van der Waals surface area contributed by atoms with E-state index in [-0.39, 0.29) is 0 Å². The van der Waals surface area contributed by atoms with Crippen LogP contribution in [0.25, 0.3) is 10.9 Å². The maximum Gasteiger partial charge on any atom is 0.312 e. The van der Waals surface area contributed by atoms with Crippen LogP contribution in [0.4, 0.5) is 0 Å². The number of aromatic nitrogens is 2. The first-order valence-corrected chi connectivity index (χ1v) is 4.84. The summed E-state index contributed by atoms with van der Waals surface area (Å²) in [5, 5.41) is 16.9. The second-order valence-corrected chi connectivity index (χ2v) is 3.74. The van der Waals surface area contributed by atoms with Crippen LogP contribution in [0.1, 0.15) is 18.5 Å². The number of fused-ring (bicyclic) bond motifs is 1. The highest BCUT2D eigenvalue weighted by Crippen LogP contribution is 2.27. The smallest absolute Gasteiger partial charge is 0.312 e. The molecule has 2 N–H and O–H groups in total. The lowest BCUT2D eigenvalue weighted by Gasteiger charge is -2.02. The number of rotatable bonds is 2. The number of para-hydroxylation sites is 1. The highest BCUT2D eigenvalue weighted by Gasteiger charge is 2.19. The van der Waals surface area contributed by atoms with Crippen LogP contribution in [-0.4, -0.2) is 21.3 Å². The third kappa shape index (κ3) is 1.57. The lowest BCUT2D eigenvalue weighted by Crippen LogP contribution is -2.07. The first-order chi connectivity index (χ1) is 7.11. The molecule has 0 aliphatic heterocycles. The van der Waals surface area contributed by atoms with Crippen molar-refractivity contribution in [1.29, 1.82) is 0 Å². The predicted octanol–water partition coefficient (Wildman–Crippen LogP) is 2.40. The highest BCUT2D eigenvalue weighted by molar-refractivity contribution is 6.35. The lowest BCUT2D eigenvalue weighted by molar-refractivity contribution is -0.138. The van der Waals surface area contributed by atoms with Crippen LogP contribution < -0.4 is 0 Å². The van der Waals surface area contributed by atoms with Gasteiger partial charge in [0, 0.05) is 5.39 Å². The molecule has 0 aliphatic carbocycles. The molecule has 0 amide bonds. The van der Waals surface area contributed by atoms with Crippen LogP contribution in [0.5, 0.6) is 0 Å². The fraction of sp³-hybridized carbons (Fsp3) is 0.200. The minimum absolute atomic E-state index is 0.521. The van der Waals surface area contributed by atoms with Gasteiger partial charge in [-0.2, -0.15) is 5.10 Å². The third-order valence-corrected chi connectivity index (χ3v) is 2.67. The molecule has 1 aromatic carbocycles. The van der Waals surface area contributed by atoms with E-state index in [0.29, 0.717) is 16.2 Å². The van der Waals surface area contributed by atoms with E-state index >= 15 is 0 Å². The van der Waals surface area contributed by atoms with E-state index in [2.05, 4.69) is 10.2 Å². The molecule has 1 atom stereocenters. The first kappa shape index (κ1) is 9.98. The van der Waals surface area contributed by atoms with Gasteiger partial charge in [0.15, 0.2) is 0 Å². The molecule has 15 heavy (non-hydrogen) atoms. The molecular weight excluding hydrogens is 216 g/mol. The second-order valence-electron chi connectivity index (χ2n) is 3.33. The van der Waals surface area contributed by atoms with E-state index < -0.39 is 11.9 Å². The van der Waals surface area contributed by atoms with Crippen molar-refractivity contribution < 1.29 is 9.90 Å². The zero-order valence-electron chi connectivity index (χ0n) is 7.99. The molecule has 2 aromatic rings. The molecule has 0 bridgehead atoms. The molecule has 0 radical (unpaired) electrons. The Bertz CT molecular complexity index is 521. The van der Waals surface area contributed by atoms with Gasteiger partial charge >= 0.3 is 5.97 Å². The van der Waals surface area contributed by atoms with Crippen molar-refractivity contribution in [2.45, 2.75) is 12.8 Å². The molecule has 1 heterocycles. The van der Waals surface area contributed by atoms with Crippen LogP contribution in [0, 0.1) is 0 Å². The summed E-state index contributed by atoms with van der Waals surface area (Å²) in [6, 6.07) is 5.30. The molecule has 0 spiro atoms. The maximum absolute atomic E-state index is 10.8. The van der Waals surface area contributed by atoms with E-state index in [9.17, 15) is 4.79 Å². The minimum atomic E-state index is -0.888. The Morgan fingerprint density at radius 2 is 2.33 bits per heavy atom. The fourth-order valence-corrected chi connectivity index (χ4v) is 1.69. The number of benzene rings is 1. The summed E-state index contributed by atoms with van der Waals surface area (Å²) >= 11 is 5.92. The summed E-state index contributed by atoms with van der Waals surface area (Å²) in [6.45, 7) is 1.61. The third-order valence-electron chi connectivity index (χ3n) is 2.37. The molecule has 4 nitrogen and oxygen atoms in total. The highest BCUT2D eigenvalue weighted by atomic mass is 35.5. The molecule has 1 unspecified atom stereocenters. The summed E-state index contributed by atoms with van der Waals surface area (Å²) in [5.74, 6) is -1.51. The van der Waals surface area contributed by atoms with Crippen LogP contribution in [0.2, 0.25) is 5.02 Å². The number of hydrogen-bond donors (Lipinski definition) is 2. The summed E-state index contributed by atoms with van der Waals surface area (Å²) in [4.78, 5) is 10.8. The number of aromatic amines is 1. The zero-order valence-corrected chi connectivity index (χ0v) is 8.75. The summed E-state index contributed by atoms with van der Waals surface area (Å²) < 4.78 is 0. The molecule has 1 aromatic heterocycles. The number of halogens is 1. The quantitative estimate of drug-likeness (QED) is 0.823. The van der Waals surface area contributed by atoms with Crippen LogP contribution in [0.3, 0.4) is 0 Å². The standard InChI is InChI=1S/C10H9ClN2O2/c1-5(10(14)15)8-6-3-2-4-7(11)9(6)13-12-8/h2-5H,1H3,(H,12,13)(H,14,15). The van der Waals surface area contributed by atoms with Crippen LogP contribution in [0.15, 0.2) is 18.2 Å². The van der Waals surface area contributed by atoms with Gasteiger partial charge in [0.25, 0.3) is 0 Å². The lowest BCUT2D eigenvalue weighted by atomic mass is 10.0. The predicted molar refractivity (Wildman–Crippen MR) is 57.2 cm³/mol. The molecular formula is C10H9ClN2O2. The Morgan fingerprint density at radius 3 is 3.00 bits per heavy atom. The van der Waals surface area contributed by atoms with Crippen molar-refractivity contribution in [1.82, 2.24) is 10.2 Å². The van der Waals surface area contributed by atoms with E-state index in [1.165, 1.54) is 0 Å². The largest absolute Gasteiger partial charge is 0.481 e. The Hall–Kier alpha value is -1.55. The topological polar surface area (TPSA) is 66.0 Å². The number of carbonyl (C=O) groups is 1. The Morgan fingerprint density at radius 1 is 1.60 bits per heavy atom. The van der Waals surface area contributed by atoms with E-state index in [4.69, 9.17) is 16.7 Å². The number of carboxylic acids is 1. The van der Waals surface area contributed by atoms with Gasteiger partial charge in [0.1, 0.15) is 5.52 Å². The average molecular weight is 225 g/mol. The van der Waals surface area contributed by atoms with Crippen molar-refractivity contribution in [3.8, 4) is 0 Å². The van der Waals surface area contributed by atoms with E-state index in [1.54, 1.807) is 25.1 Å². The van der Waals surface area contributed by atoms with Gasteiger partial charge in [-0.1, -0.05) is 23.7 Å². The molecule has 78 valence electrons. The Labute approximate surface area is 90.9 Å². The summed E-state index contributed by atoms with van der Waals surface area (Å²) in [6.07, 6.45) is 0. The number of aliphatic carboxylic acids is 1. The van der Waals surface area contributed by atoms with Gasteiger partial charge in [-0.25, -0.2) is 0 Å². The number of H-pyrrole nitrogens is 1. The number of nitrogens with one attached hydrogen (secondary N) is 1. The Balaban J connectivity index is 2.64. The minimum Gasteiger partial charge on any atom is -0.481 e. The molecule has 2 rings (SSSR count). The number of nitrogens with zero attached hydrogens (tertiary/aromatic N) is 1. The Kier molecular flexibility index (Phi) is 2.36. The van der Waals surface area contributed by atoms with Crippen molar-refractivity contribution in [3.63, 3.8) is 0 Å². The normalized spacial score (nSPS) is 12.9. The van der Waals surface area contributed by atoms with Gasteiger partial charge < -0.3 is 5.11 Å². The second kappa shape index (κ2) is 3.55. The molecule has 0 saturated carbocycles. The van der Waals surface area contributed by atoms with Crippen molar-refractivity contribution >= 4 is 28.5 Å². The van der Waals surface area contributed by atoms with Crippen molar-refractivity contribution in [2.75, 3.05) is 0 Å². The van der Waals surface area contributed by atoms with Gasteiger partial charge in [-0.15, -0.1) is 0 Å². The van der Waals surface area contributed by atoms with Gasteiger partial charge in [-0.3, -0.25) is 9.89 Å². The maximum atomic E-state index is 10.8. The zero-order chi connectivity index (χ0) is 11.0. The first-order valence-electron chi connectivity index (χ1n) is 4.46. The summed E-state index contributed by atoms with van der Waals surface area (Å²) in [5.41, 5.74) is 1.20.